The number of hydrogen-bond acceptors (Lipinski definition) is 6. The first-order chi connectivity index (χ1) is 14.0. The van der Waals surface area contributed by atoms with Crippen LogP contribution in [0.15, 0.2) is 35.9 Å². The van der Waals surface area contributed by atoms with Crippen molar-refractivity contribution in [2.24, 2.45) is 0 Å². The fourth-order valence-electron chi connectivity index (χ4n) is 3.11. The zero-order valence-electron chi connectivity index (χ0n) is 17.7. The summed E-state index contributed by atoms with van der Waals surface area (Å²) < 4.78 is 21.8. The van der Waals surface area contributed by atoms with Crippen LogP contribution in [0.1, 0.15) is 42.6 Å². The van der Waals surface area contributed by atoms with Crippen molar-refractivity contribution < 1.29 is 23.7 Å². The Kier molecular flexibility index (Phi) is 7.95. The highest BCUT2D eigenvalue weighted by atomic mass is 16.5. The predicted octanol–water partition coefficient (Wildman–Crippen LogP) is 4.76. The van der Waals surface area contributed by atoms with Crippen LogP contribution < -0.4 is 24.7 Å². The molecule has 0 bridgehead atoms. The molecule has 0 aliphatic rings. The van der Waals surface area contributed by atoms with E-state index in [1.165, 1.54) is 0 Å². The average molecular weight is 399 g/mol. The summed E-state index contributed by atoms with van der Waals surface area (Å²) in [6, 6.07) is 8.75. The van der Waals surface area contributed by atoms with E-state index in [4.69, 9.17) is 24.7 Å². The highest BCUT2D eigenvalue weighted by Crippen LogP contribution is 2.41. The van der Waals surface area contributed by atoms with Crippen LogP contribution in [-0.2, 0) is 0 Å². The standard InChI is InChI=1S/C23H29NO5/c1-6-8-15(21(25)16-9-11-19(29-7-2)18(24)14-16)13-17-10-12-20(26-3)23(28-5)22(17)27-4/h9-14H,6-8,24H2,1-5H3. The molecule has 0 aliphatic heterocycles. The number of methoxy groups -OCH3 is 3. The molecule has 2 aromatic rings. The third-order valence-corrected chi connectivity index (χ3v) is 4.45. The second-order valence-electron chi connectivity index (χ2n) is 6.36. The molecule has 0 spiro atoms. The number of benzene rings is 2. The number of Topliss-reactive ketones (excluding diaryl/α,β-unsaturated/α-hetero) is 1. The highest BCUT2D eigenvalue weighted by Gasteiger charge is 2.18. The predicted molar refractivity (Wildman–Crippen MR) is 115 cm³/mol. The number of carbonyl (C=O) groups is 1. The summed E-state index contributed by atoms with van der Waals surface area (Å²) >= 11 is 0. The number of anilines is 1. The van der Waals surface area contributed by atoms with Gasteiger partial charge in [0.1, 0.15) is 5.75 Å². The molecule has 0 radical (unpaired) electrons. The lowest BCUT2D eigenvalue weighted by atomic mass is 9.96. The summed E-state index contributed by atoms with van der Waals surface area (Å²) in [5, 5.41) is 0. The Balaban J connectivity index is 2.49. The number of nitrogen functional groups attached to an aromatic ring is 1. The quantitative estimate of drug-likeness (QED) is 0.352. The van der Waals surface area contributed by atoms with Gasteiger partial charge in [-0.05, 0) is 49.8 Å². The normalized spacial score (nSPS) is 11.1. The minimum absolute atomic E-state index is 0.0848. The maximum absolute atomic E-state index is 13.2. The van der Waals surface area contributed by atoms with E-state index in [2.05, 4.69) is 0 Å². The molecule has 0 fully saturated rings. The number of rotatable bonds is 10. The largest absolute Gasteiger partial charge is 0.493 e. The maximum Gasteiger partial charge on any atom is 0.203 e. The topological polar surface area (TPSA) is 80.0 Å². The van der Waals surface area contributed by atoms with Crippen molar-refractivity contribution in [3.05, 3.63) is 47.0 Å². The van der Waals surface area contributed by atoms with Crippen LogP contribution >= 0.6 is 0 Å². The first kappa shape index (κ1) is 22.1. The molecule has 0 heterocycles. The molecule has 0 unspecified atom stereocenters. The second kappa shape index (κ2) is 10.4. The van der Waals surface area contributed by atoms with E-state index in [0.717, 1.165) is 12.0 Å². The summed E-state index contributed by atoms with van der Waals surface area (Å²) in [7, 11) is 4.67. The average Bonchev–Trinajstić information content (AvgIpc) is 2.73. The summed E-state index contributed by atoms with van der Waals surface area (Å²) in [5.74, 6) is 2.05. The van der Waals surface area contributed by atoms with E-state index in [-0.39, 0.29) is 5.78 Å². The molecule has 0 atom stereocenters. The molecular formula is C23H29NO5. The Morgan fingerprint density at radius 1 is 0.966 bits per heavy atom. The highest BCUT2D eigenvalue weighted by molar-refractivity contribution is 6.12. The summed E-state index contributed by atoms with van der Waals surface area (Å²) in [4.78, 5) is 13.2. The van der Waals surface area contributed by atoms with Crippen LogP contribution in [0.4, 0.5) is 5.69 Å². The van der Waals surface area contributed by atoms with Crippen LogP contribution in [0, 0.1) is 0 Å². The fraction of sp³-hybridized carbons (Fsp3) is 0.348. The van der Waals surface area contributed by atoms with E-state index in [9.17, 15) is 4.79 Å². The molecule has 0 aromatic heterocycles. The van der Waals surface area contributed by atoms with Crippen molar-refractivity contribution >= 4 is 17.5 Å². The Morgan fingerprint density at radius 2 is 1.66 bits per heavy atom. The molecule has 6 heteroatoms. The third-order valence-electron chi connectivity index (χ3n) is 4.45. The molecule has 6 nitrogen and oxygen atoms in total. The number of ether oxygens (including phenoxy) is 4. The van der Waals surface area contributed by atoms with E-state index in [1.54, 1.807) is 45.6 Å². The maximum atomic E-state index is 13.2. The van der Waals surface area contributed by atoms with Crippen molar-refractivity contribution in [3.8, 4) is 23.0 Å². The van der Waals surface area contributed by atoms with Crippen LogP contribution in [0.3, 0.4) is 0 Å². The molecular weight excluding hydrogens is 370 g/mol. The van der Waals surface area contributed by atoms with Gasteiger partial charge in [-0.3, -0.25) is 4.79 Å². The van der Waals surface area contributed by atoms with Crippen molar-refractivity contribution in [3.63, 3.8) is 0 Å². The van der Waals surface area contributed by atoms with E-state index in [0.29, 0.717) is 52.8 Å². The van der Waals surface area contributed by atoms with Crippen LogP contribution in [-0.4, -0.2) is 33.7 Å². The van der Waals surface area contributed by atoms with E-state index >= 15 is 0 Å². The first-order valence-electron chi connectivity index (χ1n) is 9.57. The number of ketones is 1. The fourth-order valence-corrected chi connectivity index (χ4v) is 3.11. The lowest BCUT2D eigenvalue weighted by Crippen LogP contribution is -2.06. The lowest BCUT2D eigenvalue weighted by Gasteiger charge is -2.15. The summed E-state index contributed by atoms with van der Waals surface area (Å²) in [5.41, 5.74) is 8.39. The summed E-state index contributed by atoms with van der Waals surface area (Å²) in [6.45, 7) is 4.42. The van der Waals surface area contributed by atoms with Crippen LogP contribution in [0.2, 0.25) is 0 Å². The van der Waals surface area contributed by atoms with Gasteiger partial charge in [0.15, 0.2) is 17.3 Å². The molecule has 0 saturated heterocycles. The Morgan fingerprint density at radius 3 is 2.21 bits per heavy atom. The molecule has 29 heavy (non-hydrogen) atoms. The smallest absolute Gasteiger partial charge is 0.203 e. The Bertz CT molecular complexity index is 889. The Hall–Kier alpha value is -3.15. The van der Waals surface area contributed by atoms with Crippen molar-refractivity contribution in [2.45, 2.75) is 26.7 Å². The van der Waals surface area contributed by atoms with Gasteiger partial charge in [-0.15, -0.1) is 0 Å². The van der Waals surface area contributed by atoms with Gasteiger partial charge in [0.05, 0.1) is 33.6 Å². The number of nitrogens with two attached hydrogens (primary N) is 1. The monoisotopic (exact) mass is 399 g/mol. The van der Waals surface area contributed by atoms with Gasteiger partial charge in [0.2, 0.25) is 5.75 Å². The Labute approximate surface area is 172 Å². The van der Waals surface area contributed by atoms with Gasteiger partial charge >= 0.3 is 0 Å². The van der Waals surface area contributed by atoms with Gasteiger partial charge in [0.25, 0.3) is 0 Å². The van der Waals surface area contributed by atoms with E-state index < -0.39 is 0 Å². The van der Waals surface area contributed by atoms with Crippen LogP contribution in [0.5, 0.6) is 23.0 Å². The van der Waals surface area contributed by atoms with Gasteiger partial charge in [-0.1, -0.05) is 13.3 Å². The lowest BCUT2D eigenvalue weighted by molar-refractivity contribution is 0.103. The molecule has 0 aliphatic carbocycles. The van der Waals surface area contributed by atoms with Gasteiger partial charge in [0, 0.05) is 16.7 Å². The zero-order chi connectivity index (χ0) is 21.4. The molecule has 2 rings (SSSR count). The number of hydrogen-bond donors (Lipinski definition) is 1. The first-order valence-corrected chi connectivity index (χ1v) is 9.57. The number of carbonyl (C=O) groups excluding carboxylic acids is 1. The van der Waals surface area contributed by atoms with Crippen LogP contribution in [0.25, 0.3) is 6.08 Å². The molecule has 156 valence electrons. The van der Waals surface area contributed by atoms with Gasteiger partial charge in [-0.25, -0.2) is 0 Å². The molecule has 0 saturated carbocycles. The van der Waals surface area contributed by atoms with Crippen molar-refractivity contribution in [2.75, 3.05) is 33.7 Å². The number of allylic oxidation sites excluding steroid dienone is 1. The zero-order valence-corrected chi connectivity index (χ0v) is 17.7. The summed E-state index contributed by atoms with van der Waals surface area (Å²) in [6.07, 6.45) is 3.27. The van der Waals surface area contributed by atoms with Crippen molar-refractivity contribution in [1.82, 2.24) is 0 Å². The van der Waals surface area contributed by atoms with Crippen molar-refractivity contribution in [1.29, 1.82) is 0 Å². The SMILES string of the molecule is CCCC(=Cc1ccc(OC)c(OC)c1OC)C(=O)c1ccc(OCC)c(N)c1. The van der Waals surface area contributed by atoms with Gasteiger partial charge in [-0.2, -0.15) is 0 Å². The van der Waals surface area contributed by atoms with E-state index in [1.807, 2.05) is 26.0 Å². The molecule has 0 amide bonds. The van der Waals surface area contributed by atoms with Gasteiger partial charge < -0.3 is 24.7 Å². The second-order valence-corrected chi connectivity index (χ2v) is 6.36. The molecule has 2 aromatic carbocycles. The minimum atomic E-state index is -0.0848. The molecule has 2 N–H and O–H groups in total. The third kappa shape index (κ3) is 5.02. The minimum Gasteiger partial charge on any atom is -0.493 e.